The van der Waals surface area contributed by atoms with Crippen LogP contribution in [0.1, 0.15) is 10.6 Å². The van der Waals surface area contributed by atoms with Crippen molar-refractivity contribution >= 4 is 28.2 Å². The molecule has 2 heterocycles. The fraction of sp³-hybridized carbons (Fsp3) is 0. The molecule has 0 aliphatic rings. The lowest BCUT2D eigenvalue weighted by Crippen LogP contribution is -1.75. The summed E-state index contributed by atoms with van der Waals surface area (Å²) in [5.41, 5.74) is 1.49. The standard InChI is InChI=1S/C16H9NO3/c18-9-11-6-8-14(19-11)16-17-15-12-4-2-1-3-10(12)5-7-13(15)20-16/h1-9H. The van der Waals surface area contributed by atoms with Gasteiger partial charge in [-0.3, -0.25) is 4.79 Å². The van der Waals surface area contributed by atoms with E-state index in [1.807, 2.05) is 36.4 Å². The molecule has 0 fully saturated rings. The number of nitrogens with zero attached hydrogens (tertiary/aromatic N) is 1. The molecule has 0 N–H and O–H groups in total. The zero-order chi connectivity index (χ0) is 13.5. The summed E-state index contributed by atoms with van der Waals surface area (Å²) in [4.78, 5) is 15.1. The van der Waals surface area contributed by atoms with Gasteiger partial charge in [0.05, 0.1) is 0 Å². The van der Waals surface area contributed by atoms with E-state index in [4.69, 9.17) is 8.83 Å². The molecule has 0 atom stereocenters. The molecule has 0 radical (unpaired) electrons. The maximum atomic E-state index is 10.7. The Kier molecular flexibility index (Phi) is 2.23. The molecular formula is C16H9NO3. The SMILES string of the molecule is O=Cc1ccc(-c2nc3c(ccc4ccccc43)o2)o1. The quantitative estimate of drug-likeness (QED) is 0.512. The van der Waals surface area contributed by atoms with E-state index < -0.39 is 0 Å². The molecule has 96 valence electrons. The summed E-state index contributed by atoms with van der Waals surface area (Å²) >= 11 is 0. The average Bonchev–Trinajstić information content (AvgIpc) is 3.13. The van der Waals surface area contributed by atoms with Gasteiger partial charge >= 0.3 is 0 Å². The number of carbonyl (C=O) groups excluding carboxylic acids is 1. The highest BCUT2D eigenvalue weighted by molar-refractivity contribution is 6.03. The Balaban J connectivity index is 1.98. The number of benzene rings is 2. The van der Waals surface area contributed by atoms with Crippen molar-refractivity contribution in [3.05, 3.63) is 54.3 Å². The van der Waals surface area contributed by atoms with Crippen LogP contribution in [0.3, 0.4) is 0 Å². The second kappa shape index (κ2) is 4.06. The first-order valence-electron chi connectivity index (χ1n) is 6.19. The Morgan fingerprint density at radius 2 is 1.85 bits per heavy atom. The van der Waals surface area contributed by atoms with Crippen LogP contribution in [0.15, 0.2) is 57.4 Å². The third-order valence-electron chi connectivity index (χ3n) is 3.24. The normalized spacial score (nSPS) is 11.2. The predicted molar refractivity (Wildman–Crippen MR) is 74.6 cm³/mol. The van der Waals surface area contributed by atoms with Crippen LogP contribution in [0, 0.1) is 0 Å². The number of hydrogen-bond donors (Lipinski definition) is 0. The molecule has 0 aliphatic carbocycles. The number of oxazole rings is 1. The molecule has 2 aromatic carbocycles. The Morgan fingerprint density at radius 1 is 0.950 bits per heavy atom. The average molecular weight is 263 g/mol. The zero-order valence-electron chi connectivity index (χ0n) is 10.4. The van der Waals surface area contributed by atoms with Gasteiger partial charge in [0, 0.05) is 5.39 Å². The second-order valence-electron chi connectivity index (χ2n) is 4.47. The number of hydrogen-bond acceptors (Lipinski definition) is 4. The van der Waals surface area contributed by atoms with E-state index in [-0.39, 0.29) is 5.76 Å². The zero-order valence-corrected chi connectivity index (χ0v) is 10.4. The Morgan fingerprint density at radius 3 is 2.70 bits per heavy atom. The minimum atomic E-state index is 0.257. The van der Waals surface area contributed by atoms with Crippen molar-refractivity contribution in [1.82, 2.24) is 4.98 Å². The van der Waals surface area contributed by atoms with Crippen LogP contribution in [-0.2, 0) is 0 Å². The van der Waals surface area contributed by atoms with E-state index in [1.165, 1.54) is 0 Å². The topological polar surface area (TPSA) is 56.2 Å². The highest BCUT2D eigenvalue weighted by Crippen LogP contribution is 2.30. The summed E-state index contributed by atoms with van der Waals surface area (Å²) in [6, 6.07) is 15.1. The minimum absolute atomic E-state index is 0.257. The lowest BCUT2D eigenvalue weighted by molar-refractivity contribution is 0.110. The summed E-state index contributed by atoms with van der Waals surface area (Å²) in [7, 11) is 0. The van der Waals surface area contributed by atoms with Crippen LogP contribution in [-0.4, -0.2) is 11.3 Å². The maximum absolute atomic E-state index is 10.7. The monoisotopic (exact) mass is 263 g/mol. The molecule has 0 saturated carbocycles. The van der Waals surface area contributed by atoms with Gasteiger partial charge in [-0.1, -0.05) is 30.3 Å². The number of carbonyl (C=O) groups is 1. The molecule has 0 bridgehead atoms. The molecule has 20 heavy (non-hydrogen) atoms. The van der Waals surface area contributed by atoms with Crippen LogP contribution in [0.5, 0.6) is 0 Å². The molecule has 4 nitrogen and oxygen atoms in total. The summed E-state index contributed by atoms with van der Waals surface area (Å²) in [5, 5.41) is 2.13. The van der Waals surface area contributed by atoms with Gasteiger partial charge in [-0.15, -0.1) is 0 Å². The van der Waals surface area contributed by atoms with E-state index in [9.17, 15) is 4.79 Å². The highest BCUT2D eigenvalue weighted by Gasteiger charge is 2.13. The predicted octanol–water partition coefficient (Wildman–Crippen LogP) is 4.05. The first-order valence-corrected chi connectivity index (χ1v) is 6.19. The molecule has 4 heteroatoms. The number of rotatable bonds is 2. The van der Waals surface area contributed by atoms with Crippen molar-refractivity contribution in [3.8, 4) is 11.7 Å². The van der Waals surface area contributed by atoms with Gasteiger partial charge < -0.3 is 8.83 Å². The van der Waals surface area contributed by atoms with Crippen LogP contribution in [0.2, 0.25) is 0 Å². The number of aldehydes is 1. The Hall–Kier alpha value is -2.88. The molecule has 4 aromatic rings. The molecule has 4 rings (SSSR count). The van der Waals surface area contributed by atoms with Crippen molar-refractivity contribution in [3.63, 3.8) is 0 Å². The van der Waals surface area contributed by atoms with Gasteiger partial charge in [0.1, 0.15) is 5.52 Å². The third-order valence-corrected chi connectivity index (χ3v) is 3.24. The third kappa shape index (κ3) is 1.55. The molecule has 0 unspecified atom stereocenters. The fourth-order valence-electron chi connectivity index (χ4n) is 2.30. The van der Waals surface area contributed by atoms with Crippen LogP contribution in [0.4, 0.5) is 0 Å². The maximum Gasteiger partial charge on any atom is 0.263 e. The van der Waals surface area contributed by atoms with Crippen molar-refractivity contribution in [1.29, 1.82) is 0 Å². The largest absolute Gasteiger partial charge is 0.448 e. The summed E-state index contributed by atoms with van der Waals surface area (Å²) in [5.74, 6) is 1.09. The summed E-state index contributed by atoms with van der Waals surface area (Å²) < 4.78 is 11.0. The highest BCUT2D eigenvalue weighted by atomic mass is 16.4. The number of aromatic nitrogens is 1. The van der Waals surface area contributed by atoms with Gasteiger partial charge in [0.2, 0.25) is 0 Å². The summed E-state index contributed by atoms with van der Waals surface area (Å²) in [6.07, 6.45) is 0.654. The molecule has 0 saturated heterocycles. The smallest absolute Gasteiger partial charge is 0.263 e. The first-order chi connectivity index (χ1) is 9.85. The molecule has 0 aliphatic heterocycles. The van der Waals surface area contributed by atoms with E-state index in [1.54, 1.807) is 12.1 Å². The van der Waals surface area contributed by atoms with Crippen molar-refractivity contribution in [2.75, 3.05) is 0 Å². The van der Waals surface area contributed by atoms with E-state index in [2.05, 4.69) is 4.98 Å². The van der Waals surface area contributed by atoms with Gasteiger partial charge in [-0.2, -0.15) is 0 Å². The van der Waals surface area contributed by atoms with Gasteiger partial charge in [0.15, 0.2) is 23.4 Å². The lowest BCUT2D eigenvalue weighted by atomic mass is 10.1. The Labute approximate surface area is 113 Å². The van der Waals surface area contributed by atoms with Crippen molar-refractivity contribution in [2.24, 2.45) is 0 Å². The minimum Gasteiger partial charge on any atom is -0.448 e. The number of furan rings is 1. The summed E-state index contributed by atoms with van der Waals surface area (Å²) in [6.45, 7) is 0. The molecular weight excluding hydrogens is 254 g/mol. The molecule has 0 amide bonds. The van der Waals surface area contributed by atoms with Crippen LogP contribution < -0.4 is 0 Å². The van der Waals surface area contributed by atoms with Gasteiger partial charge in [0.25, 0.3) is 5.89 Å². The van der Waals surface area contributed by atoms with E-state index in [0.717, 1.165) is 16.3 Å². The second-order valence-corrected chi connectivity index (χ2v) is 4.47. The van der Waals surface area contributed by atoms with E-state index in [0.29, 0.717) is 23.5 Å². The Bertz CT molecular complexity index is 933. The number of fused-ring (bicyclic) bond motifs is 3. The van der Waals surface area contributed by atoms with Crippen molar-refractivity contribution in [2.45, 2.75) is 0 Å². The van der Waals surface area contributed by atoms with Crippen LogP contribution >= 0.6 is 0 Å². The van der Waals surface area contributed by atoms with Crippen molar-refractivity contribution < 1.29 is 13.6 Å². The lowest BCUT2D eigenvalue weighted by Gasteiger charge is -1.95. The first kappa shape index (κ1) is 11.0. The fourth-order valence-corrected chi connectivity index (χ4v) is 2.30. The van der Waals surface area contributed by atoms with Gasteiger partial charge in [-0.25, -0.2) is 4.98 Å². The van der Waals surface area contributed by atoms with E-state index >= 15 is 0 Å². The van der Waals surface area contributed by atoms with Crippen LogP contribution in [0.25, 0.3) is 33.5 Å². The molecule has 0 spiro atoms. The van der Waals surface area contributed by atoms with Gasteiger partial charge in [-0.05, 0) is 23.6 Å². The molecule has 2 aromatic heterocycles.